The fourth-order valence-corrected chi connectivity index (χ4v) is 2.81. The van der Waals surface area contributed by atoms with E-state index in [0.29, 0.717) is 6.04 Å². The Bertz CT molecular complexity index is 433. The van der Waals surface area contributed by atoms with Gasteiger partial charge < -0.3 is 9.88 Å². The molecule has 19 heavy (non-hydrogen) atoms. The van der Waals surface area contributed by atoms with Crippen LogP contribution in [-0.4, -0.2) is 10.6 Å². The molecule has 1 aliphatic rings. The van der Waals surface area contributed by atoms with E-state index in [4.69, 9.17) is 0 Å². The van der Waals surface area contributed by atoms with Crippen molar-refractivity contribution in [2.24, 2.45) is 0 Å². The minimum absolute atomic E-state index is 0.184. The first kappa shape index (κ1) is 14.3. The summed E-state index contributed by atoms with van der Waals surface area (Å²) in [7, 11) is 0. The summed E-state index contributed by atoms with van der Waals surface area (Å²) in [6, 6.07) is 4.58. The lowest BCUT2D eigenvalue weighted by Crippen LogP contribution is -2.31. The highest BCUT2D eigenvalue weighted by molar-refractivity contribution is 5.10. The van der Waals surface area contributed by atoms with E-state index in [9.17, 15) is 4.79 Å². The molecule has 0 amide bonds. The van der Waals surface area contributed by atoms with Crippen molar-refractivity contribution in [2.45, 2.75) is 71.0 Å². The molecule has 0 radical (unpaired) electrons. The molecule has 0 bridgehead atoms. The van der Waals surface area contributed by atoms with Gasteiger partial charge in [0.25, 0.3) is 5.56 Å². The smallest absolute Gasteiger partial charge is 0.255 e. The third-order valence-corrected chi connectivity index (χ3v) is 4.04. The minimum atomic E-state index is 0.184. The number of hydrogen-bond donors (Lipinski definition) is 1. The molecule has 0 atom stereocenters. The lowest BCUT2D eigenvalue weighted by molar-refractivity contribution is 0.516. The number of pyridine rings is 1. The largest absolute Gasteiger partial charge is 0.315 e. The molecule has 2 rings (SSSR count). The van der Waals surface area contributed by atoms with Crippen LogP contribution in [0.4, 0.5) is 0 Å². The van der Waals surface area contributed by atoms with Crippen molar-refractivity contribution in [2.75, 3.05) is 0 Å². The molecule has 3 nitrogen and oxygen atoms in total. The standard InChI is InChI=1S/C16H26N2O/c1-2-3-6-11-18-12-7-8-14(16(18)19)13-17-15-9-4-5-10-15/h7-8,12,15,17H,2-6,9-11,13H2,1H3. The Balaban J connectivity index is 1.92. The summed E-state index contributed by atoms with van der Waals surface area (Å²) in [4.78, 5) is 12.3. The zero-order valence-electron chi connectivity index (χ0n) is 12.0. The highest BCUT2D eigenvalue weighted by Gasteiger charge is 2.14. The van der Waals surface area contributed by atoms with Gasteiger partial charge in [-0.25, -0.2) is 0 Å². The van der Waals surface area contributed by atoms with Crippen molar-refractivity contribution >= 4 is 0 Å². The first-order valence-electron chi connectivity index (χ1n) is 7.73. The van der Waals surface area contributed by atoms with E-state index in [1.54, 1.807) is 0 Å². The number of aryl methyl sites for hydroxylation is 1. The fourth-order valence-electron chi connectivity index (χ4n) is 2.81. The number of nitrogens with zero attached hydrogens (tertiary/aromatic N) is 1. The van der Waals surface area contributed by atoms with Gasteiger partial charge in [0, 0.05) is 30.9 Å². The van der Waals surface area contributed by atoms with Crippen molar-refractivity contribution in [3.8, 4) is 0 Å². The number of nitrogens with one attached hydrogen (secondary N) is 1. The molecule has 0 aromatic carbocycles. The van der Waals surface area contributed by atoms with Crippen molar-refractivity contribution in [1.82, 2.24) is 9.88 Å². The summed E-state index contributed by atoms with van der Waals surface area (Å²) in [6.07, 6.45) is 10.6. The predicted octanol–water partition coefficient (Wildman–Crippen LogP) is 3.07. The van der Waals surface area contributed by atoms with E-state index in [-0.39, 0.29) is 5.56 Å². The Hall–Kier alpha value is -1.09. The second kappa shape index (κ2) is 7.49. The van der Waals surface area contributed by atoms with Gasteiger partial charge in [0.1, 0.15) is 0 Å². The molecule has 1 aliphatic carbocycles. The van der Waals surface area contributed by atoms with Crippen LogP contribution in [0.5, 0.6) is 0 Å². The van der Waals surface area contributed by atoms with Crippen LogP contribution in [0.15, 0.2) is 23.1 Å². The van der Waals surface area contributed by atoms with E-state index in [0.717, 1.165) is 25.1 Å². The topological polar surface area (TPSA) is 34.0 Å². The molecular formula is C16H26N2O. The third-order valence-electron chi connectivity index (χ3n) is 4.04. The van der Waals surface area contributed by atoms with Crippen LogP contribution >= 0.6 is 0 Å². The van der Waals surface area contributed by atoms with Crippen LogP contribution < -0.4 is 10.9 Å². The lowest BCUT2D eigenvalue weighted by atomic mass is 10.2. The van der Waals surface area contributed by atoms with Crippen LogP contribution in [0, 0.1) is 0 Å². The maximum Gasteiger partial charge on any atom is 0.255 e. The van der Waals surface area contributed by atoms with Crippen LogP contribution in [-0.2, 0) is 13.1 Å². The summed E-state index contributed by atoms with van der Waals surface area (Å²) in [5, 5.41) is 3.52. The maximum atomic E-state index is 12.3. The number of hydrogen-bond acceptors (Lipinski definition) is 2. The van der Waals surface area contributed by atoms with Gasteiger partial charge in [-0.05, 0) is 25.3 Å². The molecule has 0 saturated heterocycles. The number of rotatable bonds is 7. The van der Waals surface area contributed by atoms with Gasteiger partial charge in [-0.1, -0.05) is 38.7 Å². The van der Waals surface area contributed by atoms with Crippen LogP contribution in [0.25, 0.3) is 0 Å². The Labute approximate surface area is 116 Å². The van der Waals surface area contributed by atoms with E-state index >= 15 is 0 Å². The summed E-state index contributed by atoms with van der Waals surface area (Å²) in [5.41, 5.74) is 1.09. The Kier molecular flexibility index (Phi) is 5.64. The molecule has 1 aromatic rings. The lowest BCUT2D eigenvalue weighted by Gasteiger charge is -2.12. The van der Waals surface area contributed by atoms with E-state index in [2.05, 4.69) is 12.2 Å². The molecule has 3 heteroatoms. The van der Waals surface area contributed by atoms with Gasteiger partial charge in [0.2, 0.25) is 0 Å². The molecular weight excluding hydrogens is 236 g/mol. The summed E-state index contributed by atoms with van der Waals surface area (Å²) < 4.78 is 1.86. The van der Waals surface area contributed by atoms with E-state index in [1.807, 2.05) is 22.9 Å². The second-order valence-corrected chi connectivity index (χ2v) is 5.60. The Morgan fingerprint density at radius 3 is 2.84 bits per heavy atom. The fraction of sp³-hybridized carbons (Fsp3) is 0.688. The third kappa shape index (κ3) is 4.20. The van der Waals surface area contributed by atoms with Gasteiger partial charge in [0.05, 0.1) is 0 Å². The maximum absolute atomic E-state index is 12.3. The zero-order valence-corrected chi connectivity index (χ0v) is 12.0. The summed E-state index contributed by atoms with van der Waals surface area (Å²) >= 11 is 0. The molecule has 0 unspecified atom stereocenters. The van der Waals surface area contributed by atoms with Crippen molar-refractivity contribution < 1.29 is 0 Å². The quantitative estimate of drug-likeness (QED) is 0.766. The van der Waals surface area contributed by atoms with Crippen LogP contribution in [0.3, 0.4) is 0 Å². The number of aromatic nitrogens is 1. The Morgan fingerprint density at radius 1 is 1.32 bits per heavy atom. The van der Waals surface area contributed by atoms with Gasteiger partial charge in [-0.15, -0.1) is 0 Å². The molecule has 1 saturated carbocycles. The van der Waals surface area contributed by atoms with Gasteiger partial charge in [-0.3, -0.25) is 4.79 Å². The van der Waals surface area contributed by atoms with Gasteiger partial charge >= 0.3 is 0 Å². The normalized spacial score (nSPS) is 16.1. The second-order valence-electron chi connectivity index (χ2n) is 5.60. The minimum Gasteiger partial charge on any atom is -0.315 e. The molecule has 0 aliphatic heterocycles. The van der Waals surface area contributed by atoms with E-state index in [1.165, 1.54) is 38.5 Å². The molecule has 106 valence electrons. The van der Waals surface area contributed by atoms with Crippen LogP contribution in [0.2, 0.25) is 0 Å². The molecule has 1 N–H and O–H groups in total. The average molecular weight is 262 g/mol. The summed E-state index contributed by atoms with van der Waals surface area (Å²) in [6.45, 7) is 3.76. The molecule has 1 fully saturated rings. The molecule has 1 heterocycles. The predicted molar refractivity (Wildman–Crippen MR) is 79.3 cm³/mol. The van der Waals surface area contributed by atoms with Crippen molar-refractivity contribution in [1.29, 1.82) is 0 Å². The van der Waals surface area contributed by atoms with Crippen molar-refractivity contribution in [3.05, 3.63) is 34.2 Å². The SMILES string of the molecule is CCCCCn1cccc(CNC2CCCC2)c1=O. The van der Waals surface area contributed by atoms with Gasteiger partial charge in [-0.2, -0.15) is 0 Å². The van der Waals surface area contributed by atoms with Crippen LogP contribution in [0.1, 0.15) is 57.4 Å². The van der Waals surface area contributed by atoms with Gasteiger partial charge in [0.15, 0.2) is 0 Å². The first-order valence-corrected chi connectivity index (χ1v) is 7.73. The van der Waals surface area contributed by atoms with Crippen molar-refractivity contribution in [3.63, 3.8) is 0 Å². The monoisotopic (exact) mass is 262 g/mol. The average Bonchev–Trinajstić information content (AvgIpc) is 2.93. The van der Waals surface area contributed by atoms with E-state index < -0.39 is 0 Å². The summed E-state index contributed by atoms with van der Waals surface area (Å²) in [5.74, 6) is 0. The first-order chi connectivity index (χ1) is 9.31. The number of unbranched alkanes of at least 4 members (excludes halogenated alkanes) is 2. The molecule has 0 spiro atoms. The Morgan fingerprint density at radius 2 is 2.11 bits per heavy atom. The molecule has 1 aromatic heterocycles. The highest BCUT2D eigenvalue weighted by Crippen LogP contribution is 2.17. The zero-order chi connectivity index (χ0) is 13.5. The highest BCUT2D eigenvalue weighted by atomic mass is 16.1.